The van der Waals surface area contributed by atoms with Crippen molar-refractivity contribution in [3.8, 4) is 23.3 Å². The van der Waals surface area contributed by atoms with Crippen LogP contribution in [0.25, 0.3) is 0 Å². The van der Waals surface area contributed by atoms with Gasteiger partial charge in [0.25, 0.3) is 0 Å². The Kier molecular flexibility index (Phi) is 7.22. The zero-order chi connectivity index (χ0) is 18.9. The van der Waals surface area contributed by atoms with Gasteiger partial charge in [-0.25, -0.2) is 0 Å². The number of ether oxygens (including phenoxy) is 2. The summed E-state index contributed by atoms with van der Waals surface area (Å²) in [7, 11) is 0. The summed E-state index contributed by atoms with van der Waals surface area (Å²) in [6, 6.07) is 16.0. The molecule has 142 valence electrons. The Bertz CT molecular complexity index is 742. The predicted molar refractivity (Wildman–Crippen MR) is 111 cm³/mol. The van der Waals surface area contributed by atoms with Crippen LogP contribution in [0.3, 0.4) is 0 Å². The number of hydrogen-bond donors (Lipinski definition) is 0. The van der Waals surface area contributed by atoms with Gasteiger partial charge in [-0.15, -0.1) is 0 Å². The fourth-order valence-corrected chi connectivity index (χ4v) is 3.60. The van der Waals surface area contributed by atoms with Crippen LogP contribution in [0.15, 0.2) is 48.5 Å². The molecule has 1 aliphatic carbocycles. The minimum atomic E-state index is 0.680. The van der Waals surface area contributed by atoms with Gasteiger partial charge < -0.3 is 9.47 Å². The third-order valence-corrected chi connectivity index (χ3v) is 5.40. The lowest BCUT2D eigenvalue weighted by Gasteiger charge is -2.27. The maximum Gasteiger partial charge on any atom is 0.119 e. The van der Waals surface area contributed by atoms with Crippen LogP contribution < -0.4 is 9.47 Å². The molecule has 0 unspecified atom stereocenters. The van der Waals surface area contributed by atoms with Crippen molar-refractivity contribution >= 4 is 0 Å². The minimum absolute atomic E-state index is 0.680. The Morgan fingerprint density at radius 3 is 1.67 bits per heavy atom. The lowest BCUT2D eigenvalue weighted by Crippen LogP contribution is -2.19. The maximum absolute atomic E-state index is 6.01. The molecule has 0 aromatic heterocycles. The lowest BCUT2D eigenvalue weighted by molar-refractivity contribution is 0.181. The Morgan fingerprint density at radius 2 is 1.19 bits per heavy atom. The quantitative estimate of drug-likeness (QED) is 0.580. The molecule has 27 heavy (non-hydrogen) atoms. The Hall–Kier alpha value is -2.40. The first-order valence-electron chi connectivity index (χ1n) is 10.2. The third-order valence-electron chi connectivity index (χ3n) is 5.40. The van der Waals surface area contributed by atoms with E-state index in [1.165, 1.54) is 32.1 Å². The molecule has 1 fully saturated rings. The average molecular weight is 363 g/mol. The van der Waals surface area contributed by atoms with Gasteiger partial charge in [-0.05, 0) is 80.1 Å². The number of rotatable bonds is 6. The highest BCUT2D eigenvalue weighted by molar-refractivity contribution is 5.45. The van der Waals surface area contributed by atoms with Gasteiger partial charge in [0.05, 0.1) is 13.2 Å². The smallest absolute Gasteiger partial charge is 0.119 e. The molecular formula is C25H30O2. The van der Waals surface area contributed by atoms with Crippen molar-refractivity contribution in [2.24, 2.45) is 11.8 Å². The minimum Gasteiger partial charge on any atom is -0.494 e. The first kappa shape index (κ1) is 19.4. The average Bonchev–Trinajstić information content (AvgIpc) is 2.73. The summed E-state index contributed by atoms with van der Waals surface area (Å²) < 4.78 is 11.5. The normalized spacial score (nSPS) is 19.0. The highest BCUT2D eigenvalue weighted by Gasteiger charge is 2.20. The van der Waals surface area contributed by atoms with Crippen molar-refractivity contribution in [2.45, 2.75) is 46.0 Å². The monoisotopic (exact) mass is 362 g/mol. The van der Waals surface area contributed by atoms with E-state index in [0.29, 0.717) is 12.5 Å². The van der Waals surface area contributed by atoms with Gasteiger partial charge in [0.2, 0.25) is 0 Å². The van der Waals surface area contributed by atoms with E-state index < -0.39 is 0 Å². The van der Waals surface area contributed by atoms with Crippen LogP contribution in [-0.4, -0.2) is 13.2 Å². The summed E-state index contributed by atoms with van der Waals surface area (Å²) >= 11 is 0. The molecule has 0 spiro atoms. The molecule has 2 aromatic rings. The summed E-state index contributed by atoms with van der Waals surface area (Å²) in [4.78, 5) is 0. The SMILES string of the molecule is CCOc1ccc(C#Cc2ccc(OCC3CCC(CC)CC3)cc2)cc1. The van der Waals surface area contributed by atoms with E-state index in [1.807, 2.05) is 55.5 Å². The van der Waals surface area contributed by atoms with Gasteiger partial charge in [-0.2, -0.15) is 0 Å². The summed E-state index contributed by atoms with van der Waals surface area (Å²) in [6.07, 6.45) is 6.68. The Balaban J connectivity index is 1.49. The molecule has 0 N–H and O–H groups in total. The summed E-state index contributed by atoms with van der Waals surface area (Å²) in [5.74, 6) is 9.89. The zero-order valence-electron chi connectivity index (χ0n) is 16.5. The van der Waals surface area contributed by atoms with Crippen LogP contribution in [0.4, 0.5) is 0 Å². The van der Waals surface area contributed by atoms with Gasteiger partial charge in [0, 0.05) is 11.1 Å². The van der Waals surface area contributed by atoms with E-state index >= 15 is 0 Å². The predicted octanol–water partition coefficient (Wildman–Crippen LogP) is 6.08. The topological polar surface area (TPSA) is 18.5 Å². The maximum atomic E-state index is 6.01. The van der Waals surface area contributed by atoms with Crippen LogP contribution in [0.1, 0.15) is 57.1 Å². The Morgan fingerprint density at radius 1 is 0.704 bits per heavy atom. The molecule has 2 nitrogen and oxygen atoms in total. The molecule has 0 bridgehead atoms. The molecule has 0 radical (unpaired) electrons. The summed E-state index contributed by atoms with van der Waals surface area (Å²) in [5.41, 5.74) is 1.99. The van der Waals surface area contributed by atoms with Crippen molar-refractivity contribution < 1.29 is 9.47 Å². The fourth-order valence-electron chi connectivity index (χ4n) is 3.60. The van der Waals surface area contributed by atoms with E-state index in [1.54, 1.807) is 0 Å². The zero-order valence-corrected chi connectivity index (χ0v) is 16.5. The van der Waals surface area contributed by atoms with E-state index in [-0.39, 0.29) is 0 Å². The van der Waals surface area contributed by atoms with Gasteiger partial charge in [-0.3, -0.25) is 0 Å². The van der Waals surface area contributed by atoms with Gasteiger partial charge in [0.1, 0.15) is 11.5 Å². The Labute approximate surface area is 163 Å². The van der Waals surface area contributed by atoms with Crippen LogP contribution >= 0.6 is 0 Å². The molecule has 3 rings (SSSR count). The molecular weight excluding hydrogens is 332 g/mol. The summed E-state index contributed by atoms with van der Waals surface area (Å²) in [6.45, 7) is 5.81. The summed E-state index contributed by atoms with van der Waals surface area (Å²) in [5, 5.41) is 0. The highest BCUT2D eigenvalue weighted by Crippen LogP contribution is 2.31. The van der Waals surface area contributed by atoms with Crippen LogP contribution in [-0.2, 0) is 0 Å². The molecule has 0 atom stereocenters. The second kappa shape index (κ2) is 10.1. The van der Waals surface area contributed by atoms with Crippen LogP contribution in [0.5, 0.6) is 11.5 Å². The van der Waals surface area contributed by atoms with Crippen molar-refractivity contribution in [3.05, 3.63) is 59.7 Å². The standard InChI is InChI=1S/C25H30O2/c1-3-20-5-9-23(10-6-20)19-27-25-17-13-22(14-18-25)8-7-21-11-15-24(16-12-21)26-4-2/h11-18,20,23H,3-6,9-10,19H2,1-2H3. The second-order valence-corrected chi connectivity index (χ2v) is 7.34. The molecule has 0 saturated heterocycles. The van der Waals surface area contributed by atoms with Crippen molar-refractivity contribution in [1.29, 1.82) is 0 Å². The second-order valence-electron chi connectivity index (χ2n) is 7.34. The van der Waals surface area contributed by atoms with E-state index in [9.17, 15) is 0 Å². The number of benzene rings is 2. The lowest BCUT2D eigenvalue weighted by atomic mass is 9.81. The van der Waals surface area contributed by atoms with Gasteiger partial charge in [-0.1, -0.05) is 38.0 Å². The molecule has 0 aliphatic heterocycles. The van der Waals surface area contributed by atoms with Gasteiger partial charge >= 0.3 is 0 Å². The van der Waals surface area contributed by atoms with Crippen molar-refractivity contribution in [1.82, 2.24) is 0 Å². The van der Waals surface area contributed by atoms with E-state index in [4.69, 9.17) is 9.47 Å². The van der Waals surface area contributed by atoms with Gasteiger partial charge in [0.15, 0.2) is 0 Å². The van der Waals surface area contributed by atoms with Crippen LogP contribution in [0, 0.1) is 23.7 Å². The van der Waals surface area contributed by atoms with Crippen molar-refractivity contribution in [2.75, 3.05) is 13.2 Å². The third kappa shape index (κ3) is 6.07. The van der Waals surface area contributed by atoms with Crippen molar-refractivity contribution in [3.63, 3.8) is 0 Å². The number of hydrogen-bond acceptors (Lipinski definition) is 2. The molecule has 0 heterocycles. The molecule has 2 aromatic carbocycles. The van der Waals surface area contributed by atoms with Crippen LogP contribution in [0.2, 0.25) is 0 Å². The van der Waals surface area contributed by atoms with E-state index in [0.717, 1.165) is 35.2 Å². The largest absolute Gasteiger partial charge is 0.494 e. The first-order valence-corrected chi connectivity index (χ1v) is 10.2. The molecule has 2 heteroatoms. The molecule has 1 saturated carbocycles. The molecule has 0 amide bonds. The first-order chi connectivity index (χ1) is 13.3. The highest BCUT2D eigenvalue weighted by atomic mass is 16.5. The molecule has 1 aliphatic rings. The van der Waals surface area contributed by atoms with E-state index in [2.05, 4.69) is 18.8 Å². The fraction of sp³-hybridized carbons (Fsp3) is 0.440.